The number of primary amides is 1. The van der Waals surface area contributed by atoms with Crippen molar-refractivity contribution in [1.29, 1.82) is 0 Å². The van der Waals surface area contributed by atoms with Gasteiger partial charge in [0.05, 0.1) is 28.3 Å². The number of carbonyl (C=O) groups is 1. The Hall–Kier alpha value is -3.97. The van der Waals surface area contributed by atoms with Crippen LogP contribution in [-0.4, -0.2) is 20.7 Å². The Morgan fingerprint density at radius 1 is 1.00 bits per heavy atom. The molecular formula is C33H38FN5O. The van der Waals surface area contributed by atoms with E-state index in [-0.39, 0.29) is 11.2 Å². The average Bonchev–Trinajstić information content (AvgIpc) is 3.40. The molecule has 0 aliphatic carbocycles. The molecule has 7 heteroatoms. The second-order valence-corrected chi connectivity index (χ2v) is 11.2. The summed E-state index contributed by atoms with van der Waals surface area (Å²) >= 11 is 0. The highest BCUT2D eigenvalue weighted by molar-refractivity contribution is 5.89. The van der Waals surface area contributed by atoms with Gasteiger partial charge in [0, 0.05) is 24.2 Å². The van der Waals surface area contributed by atoms with Crippen LogP contribution in [0.5, 0.6) is 0 Å². The lowest BCUT2D eigenvalue weighted by atomic mass is 9.96. The zero-order valence-corrected chi connectivity index (χ0v) is 24.2. The summed E-state index contributed by atoms with van der Waals surface area (Å²) in [7, 11) is 0. The van der Waals surface area contributed by atoms with E-state index in [2.05, 4.69) is 92.0 Å². The first kappa shape index (κ1) is 27.6. The average molecular weight is 540 g/mol. The number of halogens is 1. The van der Waals surface area contributed by atoms with Crippen molar-refractivity contribution in [3.05, 3.63) is 99.5 Å². The van der Waals surface area contributed by atoms with Crippen molar-refractivity contribution in [3.63, 3.8) is 0 Å². The monoisotopic (exact) mass is 539 g/mol. The van der Waals surface area contributed by atoms with Crippen LogP contribution in [0.3, 0.4) is 0 Å². The summed E-state index contributed by atoms with van der Waals surface area (Å²) in [6, 6.07) is 17.2. The summed E-state index contributed by atoms with van der Waals surface area (Å²) in [6.45, 7) is 14.3. The van der Waals surface area contributed by atoms with E-state index in [1.807, 2.05) is 6.92 Å². The smallest absolute Gasteiger partial charge is 0.316 e. The molecule has 3 N–H and O–H groups in total. The van der Waals surface area contributed by atoms with Gasteiger partial charge < -0.3 is 11.1 Å². The Bertz CT molecular complexity index is 1580. The predicted octanol–water partition coefficient (Wildman–Crippen LogP) is 7.16. The molecule has 5 rings (SSSR count). The predicted molar refractivity (Wildman–Crippen MR) is 159 cm³/mol. The van der Waals surface area contributed by atoms with E-state index in [4.69, 9.17) is 10.8 Å². The zero-order valence-electron chi connectivity index (χ0n) is 24.2. The van der Waals surface area contributed by atoms with Gasteiger partial charge >= 0.3 is 6.03 Å². The molecule has 0 atom stereocenters. The molecule has 0 saturated carbocycles. The number of rotatable bonds is 7. The van der Waals surface area contributed by atoms with Crippen molar-refractivity contribution in [1.82, 2.24) is 14.7 Å². The molecule has 0 saturated heterocycles. The van der Waals surface area contributed by atoms with Crippen LogP contribution in [0.2, 0.25) is 0 Å². The Kier molecular flexibility index (Phi) is 7.27. The topological polar surface area (TPSA) is 76.2 Å². The van der Waals surface area contributed by atoms with Gasteiger partial charge in [-0.3, -0.25) is 4.90 Å². The third-order valence-electron chi connectivity index (χ3n) is 8.33. The van der Waals surface area contributed by atoms with E-state index in [0.717, 1.165) is 53.2 Å². The number of nitrogens with zero attached hydrogens (tertiary/aromatic N) is 3. The third-order valence-corrected chi connectivity index (χ3v) is 8.33. The van der Waals surface area contributed by atoms with Crippen molar-refractivity contribution >= 4 is 11.7 Å². The maximum Gasteiger partial charge on any atom is 0.316 e. The van der Waals surface area contributed by atoms with E-state index in [9.17, 15) is 4.79 Å². The Morgan fingerprint density at radius 2 is 1.65 bits per heavy atom. The summed E-state index contributed by atoms with van der Waals surface area (Å²) in [5.74, 6) is -0.533. The maximum absolute atomic E-state index is 15.4. The van der Waals surface area contributed by atoms with Crippen LogP contribution in [-0.2, 0) is 31.5 Å². The Morgan fingerprint density at radius 3 is 2.27 bits per heavy atom. The van der Waals surface area contributed by atoms with Gasteiger partial charge in [0.15, 0.2) is 0 Å². The molecule has 40 heavy (non-hydrogen) atoms. The van der Waals surface area contributed by atoms with Gasteiger partial charge in [0.25, 0.3) is 0 Å². The van der Waals surface area contributed by atoms with Crippen LogP contribution >= 0.6 is 0 Å². The van der Waals surface area contributed by atoms with Crippen molar-refractivity contribution in [2.45, 2.75) is 73.0 Å². The first-order valence-corrected chi connectivity index (χ1v) is 14.0. The second-order valence-electron chi connectivity index (χ2n) is 11.2. The second kappa shape index (κ2) is 10.5. The van der Waals surface area contributed by atoms with E-state index in [1.165, 1.54) is 28.3 Å². The molecule has 3 aromatic carbocycles. The number of amides is 2. The van der Waals surface area contributed by atoms with E-state index in [0.29, 0.717) is 6.54 Å². The molecule has 6 nitrogen and oxygen atoms in total. The molecule has 0 fully saturated rings. The number of fused-ring (bicyclic) bond motifs is 1. The van der Waals surface area contributed by atoms with Crippen LogP contribution in [0, 0.1) is 19.7 Å². The van der Waals surface area contributed by atoms with Crippen LogP contribution < -0.4 is 11.1 Å². The largest absolute Gasteiger partial charge is 0.351 e. The van der Waals surface area contributed by atoms with Gasteiger partial charge in [-0.05, 0) is 80.5 Å². The van der Waals surface area contributed by atoms with E-state index >= 15 is 4.39 Å². The minimum absolute atomic E-state index is 0.0705. The lowest BCUT2D eigenvalue weighted by Gasteiger charge is -2.32. The van der Waals surface area contributed by atoms with Gasteiger partial charge in [-0.25, -0.2) is 13.9 Å². The van der Waals surface area contributed by atoms with Gasteiger partial charge in [-0.1, -0.05) is 56.3 Å². The van der Waals surface area contributed by atoms with Gasteiger partial charge in [0.1, 0.15) is 5.82 Å². The van der Waals surface area contributed by atoms with Crippen molar-refractivity contribution in [2.24, 2.45) is 5.73 Å². The molecule has 1 aromatic heterocycles. The number of anilines is 1. The van der Waals surface area contributed by atoms with Crippen molar-refractivity contribution < 1.29 is 9.18 Å². The Balaban J connectivity index is 1.74. The van der Waals surface area contributed by atoms with Gasteiger partial charge in [-0.2, -0.15) is 5.10 Å². The van der Waals surface area contributed by atoms with E-state index < -0.39 is 11.8 Å². The number of aromatic nitrogens is 2. The molecule has 0 spiro atoms. The molecule has 2 amide bonds. The fourth-order valence-electron chi connectivity index (χ4n) is 5.97. The summed E-state index contributed by atoms with van der Waals surface area (Å²) in [4.78, 5) is 13.9. The lowest BCUT2D eigenvalue weighted by Crippen LogP contribution is -2.36. The lowest BCUT2D eigenvalue weighted by molar-refractivity contribution is 0.123. The third kappa shape index (κ3) is 4.68. The van der Waals surface area contributed by atoms with Crippen LogP contribution in [0.1, 0.15) is 66.8 Å². The number of carbonyl (C=O) groups excluding carboxylic acids is 1. The highest BCUT2D eigenvalue weighted by Crippen LogP contribution is 2.46. The van der Waals surface area contributed by atoms with Gasteiger partial charge in [0.2, 0.25) is 0 Å². The molecule has 1 aliphatic rings. The first-order valence-electron chi connectivity index (χ1n) is 14.0. The minimum Gasteiger partial charge on any atom is -0.351 e. The highest BCUT2D eigenvalue weighted by atomic mass is 19.1. The van der Waals surface area contributed by atoms with Crippen LogP contribution in [0.15, 0.2) is 54.6 Å². The molecule has 2 heterocycles. The Labute approximate surface area is 236 Å². The van der Waals surface area contributed by atoms with E-state index in [1.54, 1.807) is 6.07 Å². The molecule has 4 aromatic rings. The van der Waals surface area contributed by atoms with Gasteiger partial charge in [-0.15, -0.1) is 0 Å². The first-order chi connectivity index (χ1) is 19.1. The normalized spacial score (nSPS) is 14.4. The number of hydrogen-bond acceptors (Lipinski definition) is 3. The fourth-order valence-corrected chi connectivity index (χ4v) is 5.97. The number of hydrogen-bond donors (Lipinski definition) is 2. The van der Waals surface area contributed by atoms with Crippen molar-refractivity contribution in [2.75, 3.05) is 5.32 Å². The summed E-state index contributed by atoms with van der Waals surface area (Å²) in [5, 5.41) is 7.73. The maximum atomic E-state index is 15.4. The molecule has 208 valence electrons. The molecule has 0 unspecified atom stereocenters. The summed E-state index contributed by atoms with van der Waals surface area (Å²) in [5.41, 5.74) is 15.6. The zero-order chi connectivity index (χ0) is 28.8. The number of benzene rings is 3. The minimum atomic E-state index is -0.796. The summed E-state index contributed by atoms with van der Waals surface area (Å²) < 4.78 is 17.5. The highest BCUT2D eigenvalue weighted by Gasteiger charge is 2.43. The molecular weight excluding hydrogens is 501 g/mol. The fraction of sp³-hybridized carbons (Fsp3) is 0.333. The SMILES string of the molecule is CCc1cccc(CC)c1-n1nc2c(c1-c1cc(F)c(NC(N)=O)cc1C)CN(Cc1ccccc1C)C2(C)C. The van der Waals surface area contributed by atoms with Crippen molar-refractivity contribution in [3.8, 4) is 16.9 Å². The molecule has 1 aliphatic heterocycles. The molecule has 0 bridgehead atoms. The standard InChI is InChI=1S/C33H38FN5O/c1-7-22-14-11-15-23(8-2)29(22)39-30(25-17-27(34)28(16-21(25)4)36-32(35)40)26-19-38(33(5,6)31(26)37-39)18-24-13-10-9-12-20(24)3/h9-17H,7-8,18-19H2,1-6H3,(H3,35,36,40). The quantitative estimate of drug-likeness (QED) is 0.262. The number of para-hydroxylation sites is 1. The number of nitrogens with one attached hydrogen (secondary N) is 1. The van der Waals surface area contributed by atoms with Crippen LogP contribution in [0.25, 0.3) is 16.9 Å². The number of aryl methyl sites for hydroxylation is 4. The molecule has 0 radical (unpaired) electrons. The van der Waals surface area contributed by atoms with Crippen LogP contribution in [0.4, 0.5) is 14.9 Å². The number of nitrogens with two attached hydrogens (primary N) is 1. The number of urea groups is 1. The summed E-state index contributed by atoms with van der Waals surface area (Å²) in [6.07, 6.45) is 1.70.